The van der Waals surface area contributed by atoms with Gasteiger partial charge in [-0.05, 0) is 31.0 Å². The van der Waals surface area contributed by atoms with E-state index in [-0.39, 0.29) is 10.6 Å². The number of terminal acetylenes is 1. The van der Waals surface area contributed by atoms with Crippen LogP contribution >= 0.6 is 0 Å². The van der Waals surface area contributed by atoms with E-state index in [9.17, 15) is 8.42 Å². The molecule has 0 fully saturated rings. The first kappa shape index (κ1) is 15.3. The number of methoxy groups -OCH3 is 1. The Morgan fingerprint density at radius 2 is 2.16 bits per heavy atom. The van der Waals surface area contributed by atoms with Gasteiger partial charge in [0.1, 0.15) is 10.6 Å². The van der Waals surface area contributed by atoms with Crippen molar-refractivity contribution in [3.05, 3.63) is 18.2 Å². The molecule has 0 aliphatic heterocycles. The fraction of sp³-hybridized carbons (Fsp3) is 0.385. The van der Waals surface area contributed by atoms with Crippen molar-refractivity contribution in [1.82, 2.24) is 4.72 Å². The maximum atomic E-state index is 12.1. The summed E-state index contributed by atoms with van der Waals surface area (Å²) in [4.78, 5) is 0.0481. The molecule has 0 bridgehead atoms. The van der Waals surface area contributed by atoms with Crippen LogP contribution in [0.4, 0.5) is 5.69 Å². The summed E-state index contributed by atoms with van der Waals surface area (Å²) in [6.45, 7) is 0.335. The zero-order valence-electron chi connectivity index (χ0n) is 10.8. The Kier molecular flexibility index (Phi) is 5.67. The van der Waals surface area contributed by atoms with Gasteiger partial charge in [-0.25, -0.2) is 13.1 Å². The Balaban J connectivity index is 2.77. The summed E-state index contributed by atoms with van der Waals surface area (Å²) in [6.07, 6.45) is 7.24. The molecule has 19 heavy (non-hydrogen) atoms. The molecule has 0 saturated carbocycles. The SMILES string of the molecule is C#CCCCCNS(=O)(=O)c1cc(N)ccc1OC. The largest absolute Gasteiger partial charge is 0.495 e. The van der Waals surface area contributed by atoms with Crippen LogP contribution in [0, 0.1) is 12.3 Å². The van der Waals surface area contributed by atoms with Crippen molar-refractivity contribution < 1.29 is 13.2 Å². The van der Waals surface area contributed by atoms with Crippen LogP contribution in [-0.4, -0.2) is 22.1 Å². The fourth-order valence-corrected chi connectivity index (χ4v) is 2.82. The van der Waals surface area contributed by atoms with Gasteiger partial charge in [0.05, 0.1) is 7.11 Å². The van der Waals surface area contributed by atoms with Gasteiger partial charge in [-0.2, -0.15) is 0 Å². The maximum Gasteiger partial charge on any atom is 0.244 e. The van der Waals surface area contributed by atoms with Crippen LogP contribution in [0.5, 0.6) is 5.75 Å². The van der Waals surface area contributed by atoms with Gasteiger partial charge in [0.15, 0.2) is 0 Å². The first-order valence-electron chi connectivity index (χ1n) is 5.88. The van der Waals surface area contributed by atoms with Crippen LogP contribution in [0.25, 0.3) is 0 Å². The highest BCUT2D eigenvalue weighted by Crippen LogP contribution is 2.25. The van der Waals surface area contributed by atoms with Gasteiger partial charge >= 0.3 is 0 Å². The molecule has 5 nitrogen and oxygen atoms in total. The molecule has 0 aromatic heterocycles. The molecule has 3 N–H and O–H groups in total. The van der Waals surface area contributed by atoms with Crippen LogP contribution in [0.2, 0.25) is 0 Å². The molecule has 1 rings (SSSR count). The third kappa shape index (κ3) is 4.47. The molecular weight excluding hydrogens is 264 g/mol. The highest BCUT2D eigenvalue weighted by molar-refractivity contribution is 7.89. The van der Waals surface area contributed by atoms with Crippen molar-refractivity contribution in [3.63, 3.8) is 0 Å². The lowest BCUT2D eigenvalue weighted by Crippen LogP contribution is -2.25. The second-order valence-corrected chi connectivity index (χ2v) is 5.70. The predicted molar refractivity (Wildman–Crippen MR) is 75.3 cm³/mol. The van der Waals surface area contributed by atoms with E-state index in [1.807, 2.05) is 0 Å². The smallest absolute Gasteiger partial charge is 0.244 e. The lowest BCUT2D eigenvalue weighted by Gasteiger charge is -2.11. The van der Waals surface area contributed by atoms with Gasteiger partial charge in [-0.15, -0.1) is 12.3 Å². The molecule has 0 aliphatic carbocycles. The topological polar surface area (TPSA) is 81.4 Å². The number of hydrogen-bond donors (Lipinski definition) is 2. The Bertz CT molecular complexity index is 562. The molecule has 0 spiro atoms. The van der Waals surface area contributed by atoms with Crippen molar-refractivity contribution in [2.45, 2.75) is 24.2 Å². The first-order chi connectivity index (χ1) is 9.01. The Morgan fingerprint density at radius 3 is 2.79 bits per heavy atom. The summed E-state index contributed by atoms with van der Waals surface area (Å²) in [7, 11) is -2.21. The van der Waals surface area contributed by atoms with Crippen LogP contribution in [0.15, 0.2) is 23.1 Å². The number of nitrogen functional groups attached to an aromatic ring is 1. The van der Waals surface area contributed by atoms with E-state index in [0.29, 0.717) is 25.1 Å². The van der Waals surface area contributed by atoms with Crippen molar-refractivity contribution in [2.75, 3.05) is 19.4 Å². The second-order valence-electron chi connectivity index (χ2n) is 3.97. The van der Waals surface area contributed by atoms with E-state index in [1.54, 1.807) is 6.07 Å². The van der Waals surface area contributed by atoms with Gasteiger partial charge in [0, 0.05) is 18.7 Å². The van der Waals surface area contributed by atoms with Gasteiger partial charge < -0.3 is 10.5 Å². The Hall–Kier alpha value is -1.71. The van der Waals surface area contributed by atoms with Crippen molar-refractivity contribution >= 4 is 15.7 Å². The number of hydrogen-bond acceptors (Lipinski definition) is 4. The molecular formula is C13H18N2O3S. The quantitative estimate of drug-likeness (QED) is 0.449. The fourth-order valence-electron chi connectivity index (χ4n) is 1.54. The molecule has 1 aromatic rings. The number of unbranched alkanes of at least 4 members (excludes halogenated alkanes) is 2. The van der Waals surface area contributed by atoms with E-state index in [2.05, 4.69) is 10.6 Å². The molecule has 1 aromatic carbocycles. The molecule has 0 unspecified atom stereocenters. The number of nitrogens with two attached hydrogens (primary N) is 1. The minimum Gasteiger partial charge on any atom is -0.495 e. The zero-order valence-corrected chi connectivity index (χ0v) is 11.7. The number of ether oxygens (including phenoxy) is 1. The van der Waals surface area contributed by atoms with Gasteiger partial charge in [-0.3, -0.25) is 0 Å². The number of rotatable bonds is 7. The molecule has 0 aliphatic rings. The van der Waals surface area contributed by atoms with Crippen LogP contribution in [-0.2, 0) is 10.0 Å². The van der Waals surface area contributed by atoms with Crippen molar-refractivity contribution in [3.8, 4) is 18.1 Å². The Morgan fingerprint density at radius 1 is 1.42 bits per heavy atom. The maximum absolute atomic E-state index is 12.1. The summed E-state index contributed by atoms with van der Waals surface area (Å²) in [5.41, 5.74) is 5.97. The highest BCUT2D eigenvalue weighted by atomic mass is 32.2. The molecule has 104 valence electrons. The molecule has 0 radical (unpaired) electrons. The molecule has 6 heteroatoms. The molecule has 0 amide bonds. The van der Waals surface area contributed by atoms with E-state index < -0.39 is 10.0 Å². The Labute approximate surface area is 114 Å². The average Bonchev–Trinajstić information content (AvgIpc) is 2.38. The lowest BCUT2D eigenvalue weighted by atomic mass is 10.2. The average molecular weight is 282 g/mol. The minimum absolute atomic E-state index is 0.0481. The molecule has 0 saturated heterocycles. The minimum atomic E-state index is -3.62. The highest BCUT2D eigenvalue weighted by Gasteiger charge is 2.19. The van der Waals surface area contributed by atoms with Gasteiger partial charge in [-0.1, -0.05) is 0 Å². The zero-order chi connectivity index (χ0) is 14.3. The normalized spacial score (nSPS) is 10.9. The van der Waals surface area contributed by atoms with Crippen molar-refractivity contribution in [1.29, 1.82) is 0 Å². The van der Waals surface area contributed by atoms with Crippen LogP contribution in [0.3, 0.4) is 0 Å². The summed E-state index contributed by atoms with van der Waals surface area (Å²) in [5.74, 6) is 2.78. The number of sulfonamides is 1. The summed E-state index contributed by atoms with van der Waals surface area (Å²) >= 11 is 0. The van der Waals surface area contributed by atoms with Crippen molar-refractivity contribution in [2.24, 2.45) is 0 Å². The third-order valence-corrected chi connectivity index (χ3v) is 4.00. The third-order valence-electron chi connectivity index (χ3n) is 2.52. The van der Waals surface area contributed by atoms with E-state index in [1.165, 1.54) is 19.2 Å². The van der Waals surface area contributed by atoms with Crippen LogP contribution in [0.1, 0.15) is 19.3 Å². The molecule has 0 heterocycles. The first-order valence-corrected chi connectivity index (χ1v) is 7.36. The predicted octanol–water partition coefficient (Wildman–Crippen LogP) is 1.36. The lowest BCUT2D eigenvalue weighted by molar-refractivity contribution is 0.402. The van der Waals surface area contributed by atoms with E-state index in [4.69, 9.17) is 16.9 Å². The van der Waals surface area contributed by atoms with E-state index in [0.717, 1.165) is 6.42 Å². The standard InChI is InChI=1S/C13H18N2O3S/c1-3-4-5-6-9-15-19(16,17)13-10-11(14)7-8-12(13)18-2/h1,7-8,10,15H,4-6,9,14H2,2H3. The van der Waals surface area contributed by atoms with Gasteiger partial charge in [0.2, 0.25) is 10.0 Å². The number of nitrogens with one attached hydrogen (secondary N) is 1. The van der Waals surface area contributed by atoms with Crippen LogP contribution < -0.4 is 15.2 Å². The summed E-state index contributed by atoms with van der Waals surface area (Å²) in [5, 5.41) is 0. The van der Waals surface area contributed by atoms with E-state index >= 15 is 0 Å². The monoisotopic (exact) mass is 282 g/mol. The number of anilines is 1. The second kappa shape index (κ2) is 7.02. The molecule has 0 atom stereocenters. The summed E-state index contributed by atoms with van der Waals surface area (Å²) < 4.78 is 31.8. The van der Waals surface area contributed by atoms with Gasteiger partial charge in [0.25, 0.3) is 0 Å². The number of benzene rings is 1. The summed E-state index contributed by atoms with van der Waals surface area (Å²) in [6, 6.07) is 4.50.